The quantitative estimate of drug-likeness (QED) is 0.521. The van der Waals surface area contributed by atoms with Crippen LogP contribution in [0.1, 0.15) is 12.8 Å². The summed E-state index contributed by atoms with van der Waals surface area (Å²) >= 11 is 0. The molecule has 1 aromatic rings. The smallest absolute Gasteiger partial charge is 0.244 e. The van der Waals surface area contributed by atoms with Gasteiger partial charge in [0, 0.05) is 25.4 Å². The number of hydrogen-bond donors (Lipinski definition) is 3. The largest absolute Gasteiger partial charge is 0.495 e. The zero-order valence-electron chi connectivity index (χ0n) is 13.8. The molecule has 0 saturated heterocycles. The molecule has 1 aliphatic carbocycles. The molecule has 0 heterocycles. The van der Waals surface area contributed by atoms with Crippen molar-refractivity contribution in [1.82, 2.24) is 10.0 Å². The molecule has 0 aliphatic heterocycles. The van der Waals surface area contributed by atoms with Crippen molar-refractivity contribution in [2.24, 2.45) is 0 Å². The summed E-state index contributed by atoms with van der Waals surface area (Å²) in [5.74, 6) is -0.0332. The Kier molecular flexibility index (Phi) is 6.55. The minimum Gasteiger partial charge on any atom is -0.495 e. The van der Waals surface area contributed by atoms with Gasteiger partial charge in [0.25, 0.3) is 0 Å². The van der Waals surface area contributed by atoms with Crippen molar-refractivity contribution >= 4 is 21.6 Å². The Labute approximate surface area is 142 Å². The molecule has 0 unspecified atom stereocenters. The number of carbonyl (C=O) groups excluding carboxylic acids is 1. The molecule has 1 fully saturated rings. The van der Waals surface area contributed by atoms with E-state index in [1.54, 1.807) is 13.2 Å². The van der Waals surface area contributed by atoms with Crippen molar-refractivity contribution in [2.75, 3.05) is 39.2 Å². The molecule has 0 spiro atoms. The summed E-state index contributed by atoms with van der Waals surface area (Å²) in [6, 6.07) is 4.51. The molecule has 2 rings (SSSR count). The third-order valence-electron chi connectivity index (χ3n) is 3.40. The molecule has 134 valence electrons. The van der Waals surface area contributed by atoms with E-state index in [2.05, 4.69) is 15.4 Å². The van der Waals surface area contributed by atoms with Crippen molar-refractivity contribution < 1.29 is 22.7 Å². The molecule has 8 nitrogen and oxygen atoms in total. The van der Waals surface area contributed by atoms with E-state index in [1.165, 1.54) is 19.2 Å². The van der Waals surface area contributed by atoms with E-state index in [1.807, 2.05) is 0 Å². The Hall–Kier alpha value is -1.68. The topological polar surface area (TPSA) is 106 Å². The van der Waals surface area contributed by atoms with Gasteiger partial charge in [-0.1, -0.05) is 0 Å². The average Bonchev–Trinajstić information content (AvgIpc) is 3.35. The third kappa shape index (κ3) is 5.45. The van der Waals surface area contributed by atoms with Gasteiger partial charge in [0.1, 0.15) is 10.6 Å². The predicted molar refractivity (Wildman–Crippen MR) is 89.7 cm³/mol. The molecule has 9 heteroatoms. The van der Waals surface area contributed by atoms with E-state index in [0.29, 0.717) is 18.8 Å². The van der Waals surface area contributed by atoms with Crippen LogP contribution in [0.2, 0.25) is 0 Å². The third-order valence-corrected chi connectivity index (χ3v) is 4.95. The highest BCUT2D eigenvalue weighted by atomic mass is 32.2. The molecule has 0 radical (unpaired) electrons. The molecule has 1 aromatic carbocycles. The lowest BCUT2D eigenvalue weighted by Crippen LogP contribution is -2.30. The van der Waals surface area contributed by atoms with Gasteiger partial charge in [-0.2, -0.15) is 0 Å². The van der Waals surface area contributed by atoms with Gasteiger partial charge in [0.2, 0.25) is 15.9 Å². The lowest BCUT2D eigenvalue weighted by Gasteiger charge is -2.13. The Balaban J connectivity index is 2.06. The Morgan fingerprint density at radius 2 is 2.04 bits per heavy atom. The van der Waals surface area contributed by atoms with Crippen molar-refractivity contribution in [2.45, 2.75) is 23.8 Å². The highest BCUT2D eigenvalue weighted by molar-refractivity contribution is 7.89. The normalized spacial score (nSPS) is 14.4. The SMILES string of the molecule is COCCNCC(=O)Nc1ccc(OC)c(S(=O)(=O)NC2CC2)c1. The predicted octanol–water partition coefficient (Wildman–Crippen LogP) is 0.310. The van der Waals surface area contributed by atoms with Gasteiger partial charge in [0.05, 0.1) is 20.3 Å². The van der Waals surface area contributed by atoms with Gasteiger partial charge in [0.15, 0.2) is 0 Å². The lowest BCUT2D eigenvalue weighted by molar-refractivity contribution is -0.115. The number of carbonyl (C=O) groups is 1. The molecular weight excluding hydrogens is 334 g/mol. The number of rotatable bonds is 10. The summed E-state index contributed by atoms with van der Waals surface area (Å²) in [5.41, 5.74) is 0.394. The summed E-state index contributed by atoms with van der Waals surface area (Å²) in [5, 5.41) is 5.58. The minimum atomic E-state index is -3.68. The molecule has 1 amide bonds. The first-order valence-electron chi connectivity index (χ1n) is 7.66. The molecule has 3 N–H and O–H groups in total. The number of benzene rings is 1. The zero-order chi connectivity index (χ0) is 17.6. The van der Waals surface area contributed by atoms with E-state index in [9.17, 15) is 13.2 Å². The van der Waals surface area contributed by atoms with Crippen LogP contribution in [0.4, 0.5) is 5.69 Å². The average molecular weight is 357 g/mol. The fourth-order valence-corrected chi connectivity index (χ4v) is 3.53. The van der Waals surface area contributed by atoms with Crippen LogP contribution in [0.15, 0.2) is 23.1 Å². The minimum absolute atomic E-state index is 0.0112. The van der Waals surface area contributed by atoms with E-state index < -0.39 is 10.0 Å². The van der Waals surface area contributed by atoms with Crippen LogP contribution in [-0.2, 0) is 19.6 Å². The van der Waals surface area contributed by atoms with Gasteiger partial charge >= 0.3 is 0 Å². The second-order valence-corrected chi connectivity index (χ2v) is 7.16. The number of nitrogens with one attached hydrogen (secondary N) is 3. The summed E-state index contributed by atoms with van der Waals surface area (Å²) in [7, 11) is -0.695. The van der Waals surface area contributed by atoms with E-state index in [-0.39, 0.29) is 29.1 Å². The fraction of sp³-hybridized carbons (Fsp3) is 0.533. The molecule has 1 aliphatic rings. The van der Waals surface area contributed by atoms with Crippen LogP contribution in [0, 0.1) is 0 Å². The Bertz CT molecular complexity index is 674. The zero-order valence-corrected chi connectivity index (χ0v) is 14.6. The van der Waals surface area contributed by atoms with Crippen LogP contribution >= 0.6 is 0 Å². The van der Waals surface area contributed by atoms with Gasteiger partial charge in [-0.25, -0.2) is 13.1 Å². The Morgan fingerprint density at radius 1 is 1.29 bits per heavy atom. The van der Waals surface area contributed by atoms with Crippen molar-refractivity contribution in [3.63, 3.8) is 0 Å². The van der Waals surface area contributed by atoms with E-state index >= 15 is 0 Å². The highest BCUT2D eigenvalue weighted by Crippen LogP contribution is 2.29. The monoisotopic (exact) mass is 357 g/mol. The number of hydrogen-bond acceptors (Lipinski definition) is 6. The Morgan fingerprint density at radius 3 is 2.67 bits per heavy atom. The summed E-state index contributed by atoms with van der Waals surface area (Å²) in [6.07, 6.45) is 1.68. The maximum absolute atomic E-state index is 12.4. The maximum atomic E-state index is 12.4. The second-order valence-electron chi connectivity index (χ2n) is 5.48. The van der Waals surface area contributed by atoms with Crippen LogP contribution in [0.25, 0.3) is 0 Å². The fourth-order valence-electron chi connectivity index (χ4n) is 2.03. The number of anilines is 1. The number of amides is 1. The van der Waals surface area contributed by atoms with Crippen molar-refractivity contribution in [3.8, 4) is 5.75 Å². The standard InChI is InChI=1S/C15H23N3O5S/c1-22-8-7-16-10-15(19)17-12-5-6-13(23-2)14(9-12)24(20,21)18-11-3-4-11/h5-6,9,11,16,18H,3-4,7-8,10H2,1-2H3,(H,17,19). The van der Waals surface area contributed by atoms with Crippen molar-refractivity contribution in [3.05, 3.63) is 18.2 Å². The first kappa shape index (κ1) is 18.7. The maximum Gasteiger partial charge on any atom is 0.244 e. The molecule has 0 bridgehead atoms. The van der Waals surface area contributed by atoms with E-state index in [0.717, 1.165) is 12.8 Å². The summed E-state index contributed by atoms with van der Waals surface area (Å²) in [4.78, 5) is 11.9. The summed E-state index contributed by atoms with van der Waals surface area (Å²) < 4.78 is 37.4. The van der Waals surface area contributed by atoms with Gasteiger partial charge in [-0.3, -0.25) is 4.79 Å². The van der Waals surface area contributed by atoms with Crippen molar-refractivity contribution in [1.29, 1.82) is 0 Å². The molecule has 24 heavy (non-hydrogen) atoms. The molecular formula is C15H23N3O5S. The lowest BCUT2D eigenvalue weighted by atomic mass is 10.3. The van der Waals surface area contributed by atoms with Crippen LogP contribution in [0.5, 0.6) is 5.75 Å². The first-order chi connectivity index (χ1) is 11.5. The van der Waals surface area contributed by atoms with Gasteiger partial charge in [-0.05, 0) is 31.0 Å². The second kappa shape index (κ2) is 8.43. The van der Waals surface area contributed by atoms with Crippen LogP contribution < -0.4 is 20.1 Å². The number of methoxy groups -OCH3 is 2. The number of sulfonamides is 1. The van der Waals surface area contributed by atoms with Crippen LogP contribution in [0.3, 0.4) is 0 Å². The highest BCUT2D eigenvalue weighted by Gasteiger charge is 2.30. The van der Waals surface area contributed by atoms with Gasteiger partial charge < -0.3 is 20.1 Å². The molecule has 0 aromatic heterocycles. The number of ether oxygens (including phenoxy) is 2. The molecule has 0 atom stereocenters. The first-order valence-corrected chi connectivity index (χ1v) is 9.14. The molecule has 1 saturated carbocycles. The van der Waals surface area contributed by atoms with Gasteiger partial charge in [-0.15, -0.1) is 0 Å². The van der Waals surface area contributed by atoms with E-state index in [4.69, 9.17) is 9.47 Å². The summed E-state index contributed by atoms with van der Waals surface area (Å²) in [6.45, 7) is 1.17. The van der Waals surface area contributed by atoms with Crippen LogP contribution in [-0.4, -0.2) is 54.3 Å².